The molecule has 17 heavy (non-hydrogen) atoms. The number of hydrogen-bond donors (Lipinski definition) is 2. The molecule has 2 rings (SSSR count). The molecule has 0 bridgehead atoms. The first kappa shape index (κ1) is 11.8. The fraction of sp³-hybridized carbons (Fsp3) is 0. The third kappa shape index (κ3) is 3.13. The number of benzene rings is 1. The number of carboxylic acids is 1. The van der Waals surface area contributed by atoms with E-state index >= 15 is 0 Å². The number of anilines is 2. The zero-order chi connectivity index (χ0) is 12.3. The smallest absolute Gasteiger partial charge is 0.356 e. The number of carbonyl (C=O) groups is 1. The lowest BCUT2D eigenvalue weighted by Gasteiger charge is -2.05. The summed E-state index contributed by atoms with van der Waals surface area (Å²) in [5.41, 5.74) is 0.759. The average Bonchev–Trinajstić information content (AvgIpc) is 2.29. The van der Waals surface area contributed by atoms with E-state index in [9.17, 15) is 4.79 Å². The van der Waals surface area contributed by atoms with Gasteiger partial charge in [0.15, 0.2) is 5.69 Å². The standard InChI is InChI=1S/C11H8IN3O2/c12-7-2-1-3-8(4-7)14-10-6-13-5-9(15-10)11(16)17/h1-6H,(H,14,15)(H,16,17). The molecule has 2 aromatic rings. The highest BCUT2D eigenvalue weighted by Crippen LogP contribution is 2.16. The van der Waals surface area contributed by atoms with Crippen molar-refractivity contribution >= 4 is 40.1 Å². The van der Waals surface area contributed by atoms with Crippen LogP contribution in [0.25, 0.3) is 0 Å². The Kier molecular flexibility index (Phi) is 3.52. The van der Waals surface area contributed by atoms with Crippen LogP contribution in [0.3, 0.4) is 0 Å². The van der Waals surface area contributed by atoms with Gasteiger partial charge in [0.05, 0.1) is 12.4 Å². The lowest BCUT2D eigenvalue weighted by molar-refractivity contribution is 0.0690. The number of nitrogens with one attached hydrogen (secondary N) is 1. The topological polar surface area (TPSA) is 75.1 Å². The molecule has 0 atom stereocenters. The molecule has 86 valence electrons. The van der Waals surface area contributed by atoms with Crippen LogP contribution in [0, 0.1) is 3.57 Å². The summed E-state index contributed by atoms with van der Waals surface area (Å²) in [4.78, 5) is 18.5. The van der Waals surface area contributed by atoms with Crippen LogP contribution in [0.15, 0.2) is 36.7 Å². The Morgan fingerprint density at radius 2 is 2.18 bits per heavy atom. The molecular weight excluding hydrogens is 333 g/mol. The van der Waals surface area contributed by atoms with Gasteiger partial charge < -0.3 is 10.4 Å². The monoisotopic (exact) mass is 341 g/mol. The van der Waals surface area contributed by atoms with E-state index in [-0.39, 0.29) is 5.69 Å². The molecular formula is C11H8IN3O2. The van der Waals surface area contributed by atoms with Crippen molar-refractivity contribution in [2.24, 2.45) is 0 Å². The normalized spacial score (nSPS) is 9.94. The molecule has 1 aromatic heterocycles. The van der Waals surface area contributed by atoms with Crippen LogP contribution in [-0.2, 0) is 0 Å². The molecule has 0 saturated heterocycles. The van der Waals surface area contributed by atoms with Crippen LogP contribution in [0.5, 0.6) is 0 Å². The first-order chi connectivity index (χ1) is 8.15. The summed E-state index contributed by atoms with van der Waals surface area (Å²) in [6.07, 6.45) is 2.69. The zero-order valence-electron chi connectivity index (χ0n) is 8.59. The molecule has 2 N–H and O–H groups in total. The predicted octanol–water partition coefficient (Wildman–Crippen LogP) is 2.52. The first-order valence-corrected chi connectivity index (χ1v) is 5.81. The summed E-state index contributed by atoms with van der Waals surface area (Å²) in [5, 5.41) is 11.8. The summed E-state index contributed by atoms with van der Waals surface area (Å²) in [7, 11) is 0. The fourth-order valence-electron chi connectivity index (χ4n) is 1.24. The quantitative estimate of drug-likeness (QED) is 0.840. The van der Waals surface area contributed by atoms with E-state index in [0.29, 0.717) is 5.82 Å². The van der Waals surface area contributed by atoms with Gasteiger partial charge in [0.25, 0.3) is 0 Å². The van der Waals surface area contributed by atoms with Crippen LogP contribution < -0.4 is 5.32 Å². The van der Waals surface area contributed by atoms with E-state index in [1.807, 2.05) is 24.3 Å². The van der Waals surface area contributed by atoms with E-state index in [1.54, 1.807) is 0 Å². The Balaban J connectivity index is 2.24. The summed E-state index contributed by atoms with van der Waals surface area (Å²) in [5.74, 6) is -0.685. The highest BCUT2D eigenvalue weighted by Gasteiger charge is 2.06. The first-order valence-electron chi connectivity index (χ1n) is 4.73. The number of halogens is 1. The number of carboxylic acid groups (broad SMARTS) is 1. The van der Waals surface area contributed by atoms with Gasteiger partial charge in [0.1, 0.15) is 5.82 Å². The minimum absolute atomic E-state index is 0.0828. The predicted molar refractivity (Wildman–Crippen MR) is 71.4 cm³/mol. The Hall–Kier alpha value is -1.70. The Bertz CT molecular complexity index is 560. The second-order valence-electron chi connectivity index (χ2n) is 3.23. The van der Waals surface area contributed by atoms with Crippen molar-refractivity contribution < 1.29 is 9.90 Å². The van der Waals surface area contributed by atoms with Crippen molar-refractivity contribution in [1.29, 1.82) is 0 Å². The van der Waals surface area contributed by atoms with Crippen LogP contribution in [0.1, 0.15) is 10.5 Å². The zero-order valence-corrected chi connectivity index (χ0v) is 10.7. The van der Waals surface area contributed by atoms with Gasteiger partial charge in [-0.1, -0.05) is 6.07 Å². The lowest BCUT2D eigenvalue weighted by atomic mass is 10.3. The highest BCUT2D eigenvalue weighted by atomic mass is 127. The van der Waals surface area contributed by atoms with Crippen LogP contribution >= 0.6 is 22.6 Å². The van der Waals surface area contributed by atoms with Gasteiger partial charge >= 0.3 is 5.97 Å². The molecule has 1 aromatic carbocycles. The molecule has 5 nitrogen and oxygen atoms in total. The lowest BCUT2D eigenvalue weighted by Crippen LogP contribution is -2.03. The molecule has 1 heterocycles. The van der Waals surface area contributed by atoms with E-state index in [2.05, 4.69) is 37.9 Å². The summed E-state index contributed by atoms with van der Waals surface area (Å²) < 4.78 is 1.08. The molecule has 0 amide bonds. The molecule has 0 aliphatic rings. The number of hydrogen-bond acceptors (Lipinski definition) is 4. The molecule has 0 aliphatic heterocycles. The molecule has 0 unspecified atom stereocenters. The van der Waals surface area contributed by atoms with E-state index in [0.717, 1.165) is 9.26 Å². The van der Waals surface area contributed by atoms with Crippen molar-refractivity contribution in [2.45, 2.75) is 0 Å². The van der Waals surface area contributed by atoms with Gasteiger partial charge in [0.2, 0.25) is 0 Å². The number of aromatic carboxylic acids is 1. The minimum atomic E-state index is -1.09. The number of rotatable bonds is 3. The number of aromatic nitrogens is 2. The molecule has 0 fully saturated rings. The van der Waals surface area contributed by atoms with Gasteiger partial charge in [-0.25, -0.2) is 9.78 Å². The van der Waals surface area contributed by atoms with Crippen LogP contribution in [0.4, 0.5) is 11.5 Å². The SMILES string of the molecule is O=C(O)c1cncc(Nc2cccc(I)c2)n1. The molecule has 0 saturated carbocycles. The maximum Gasteiger partial charge on any atom is 0.356 e. The fourth-order valence-corrected chi connectivity index (χ4v) is 1.79. The van der Waals surface area contributed by atoms with Crippen molar-refractivity contribution in [3.8, 4) is 0 Å². The maximum atomic E-state index is 10.7. The Morgan fingerprint density at radius 1 is 1.35 bits per heavy atom. The second-order valence-corrected chi connectivity index (χ2v) is 4.48. The summed E-state index contributed by atoms with van der Waals surface area (Å²) >= 11 is 2.20. The molecule has 0 radical (unpaired) electrons. The summed E-state index contributed by atoms with van der Waals surface area (Å²) in [6, 6.07) is 7.66. The number of nitrogens with zero attached hydrogens (tertiary/aromatic N) is 2. The van der Waals surface area contributed by atoms with Gasteiger partial charge in [-0.15, -0.1) is 0 Å². The van der Waals surface area contributed by atoms with E-state index in [1.165, 1.54) is 12.4 Å². The van der Waals surface area contributed by atoms with Crippen LogP contribution in [-0.4, -0.2) is 21.0 Å². The van der Waals surface area contributed by atoms with E-state index in [4.69, 9.17) is 5.11 Å². The third-order valence-corrected chi connectivity index (χ3v) is 2.62. The van der Waals surface area contributed by atoms with Crippen LogP contribution in [0.2, 0.25) is 0 Å². The van der Waals surface area contributed by atoms with Crippen molar-refractivity contribution in [2.75, 3.05) is 5.32 Å². The molecule has 0 aliphatic carbocycles. The third-order valence-electron chi connectivity index (χ3n) is 1.95. The average molecular weight is 341 g/mol. The Labute approximate surface area is 111 Å². The second kappa shape index (κ2) is 5.09. The van der Waals surface area contributed by atoms with Gasteiger partial charge in [-0.2, -0.15) is 0 Å². The van der Waals surface area contributed by atoms with Crippen molar-refractivity contribution in [3.63, 3.8) is 0 Å². The van der Waals surface area contributed by atoms with Gasteiger partial charge in [-0.3, -0.25) is 4.98 Å². The van der Waals surface area contributed by atoms with Crippen molar-refractivity contribution in [1.82, 2.24) is 9.97 Å². The largest absolute Gasteiger partial charge is 0.476 e. The molecule has 0 spiro atoms. The van der Waals surface area contributed by atoms with Gasteiger partial charge in [-0.05, 0) is 40.8 Å². The van der Waals surface area contributed by atoms with Crippen molar-refractivity contribution in [3.05, 3.63) is 45.9 Å². The Morgan fingerprint density at radius 3 is 2.88 bits per heavy atom. The minimum Gasteiger partial charge on any atom is -0.476 e. The molecule has 6 heteroatoms. The van der Waals surface area contributed by atoms with E-state index < -0.39 is 5.97 Å². The maximum absolute atomic E-state index is 10.7. The van der Waals surface area contributed by atoms with Gasteiger partial charge in [0, 0.05) is 9.26 Å². The summed E-state index contributed by atoms with van der Waals surface area (Å²) in [6.45, 7) is 0. The highest BCUT2D eigenvalue weighted by molar-refractivity contribution is 14.1.